The smallest absolute Gasteiger partial charge is 0.126 e. The average molecular weight is 462 g/mol. The molecule has 3 rings (SSSR count). The Balaban J connectivity index is 2.06. The molecule has 0 aliphatic rings. The van der Waals surface area contributed by atoms with Crippen LogP contribution in [0.4, 0.5) is 0 Å². The van der Waals surface area contributed by atoms with Crippen LogP contribution in [0.1, 0.15) is 62.1 Å². The molecule has 0 heterocycles. The molecule has 0 radical (unpaired) electrons. The zero-order valence-corrected chi connectivity index (χ0v) is 20.8. The summed E-state index contributed by atoms with van der Waals surface area (Å²) in [6, 6.07) is 25.8. The van der Waals surface area contributed by atoms with Crippen LogP contribution >= 0.6 is 0 Å². The maximum Gasteiger partial charge on any atom is 0.126 e. The second-order valence-corrected chi connectivity index (χ2v) is 8.65. The Labute approximate surface area is 204 Å². The van der Waals surface area contributed by atoms with Crippen molar-refractivity contribution < 1.29 is 14.6 Å². The van der Waals surface area contributed by atoms with Gasteiger partial charge >= 0.3 is 0 Å². The molecule has 0 unspecified atom stereocenters. The summed E-state index contributed by atoms with van der Waals surface area (Å²) in [7, 11) is 1.65. The summed E-state index contributed by atoms with van der Waals surface area (Å²) in [6.07, 6.45) is 4.82. The van der Waals surface area contributed by atoms with Crippen LogP contribution in [0.15, 0.2) is 78.9 Å². The minimum atomic E-state index is -1.31. The minimum absolute atomic E-state index is 0.228. The Hall–Kier alpha value is -2.82. The first-order valence-corrected chi connectivity index (χ1v) is 12.5. The van der Waals surface area contributed by atoms with Crippen molar-refractivity contribution in [1.82, 2.24) is 5.32 Å². The number of rotatable bonds is 14. The molecule has 3 aromatic rings. The van der Waals surface area contributed by atoms with Gasteiger partial charge in [0.15, 0.2) is 0 Å². The van der Waals surface area contributed by atoms with Gasteiger partial charge in [0, 0.05) is 18.0 Å². The molecule has 0 aliphatic heterocycles. The molecule has 0 saturated heterocycles. The Morgan fingerprint density at radius 2 is 1.56 bits per heavy atom. The van der Waals surface area contributed by atoms with Gasteiger partial charge < -0.3 is 19.9 Å². The molecule has 34 heavy (non-hydrogen) atoms. The van der Waals surface area contributed by atoms with Crippen molar-refractivity contribution in [3.8, 4) is 11.5 Å². The molecule has 4 heteroatoms. The lowest BCUT2D eigenvalue weighted by molar-refractivity contribution is 0.0465. The lowest BCUT2D eigenvalue weighted by Crippen LogP contribution is -2.41. The molecule has 0 aliphatic carbocycles. The summed E-state index contributed by atoms with van der Waals surface area (Å²) in [5, 5.41) is 16.3. The van der Waals surface area contributed by atoms with Crippen LogP contribution in [-0.2, 0) is 5.60 Å². The molecule has 0 spiro atoms. The van der Waals surface area contributed by atoms with E-state index in [0.717, 1.165) is 35.4 Å². The number of nitrogens with one attached hydrogen (secondary N) is 1. The fourth-order valence-corrected chi connectivity index (χ4v) is 4.59. The first-order chi connectivity index (χ1) is 16.6. The zero-order chi connectivity index (χ0) is 24.2. The number of aliphatic hydroxyl groups is 1. The molecule has 0 aromatic heterocycles. The summed E-state index contributed by atoms with van der Waals surface area (Å²) >= 11 is 0. The first-order valence-electron chi connectivity index (χ1n) is 12.5. The van der Waals surface area contributed by atoms with E-state index in [2.05, 4.69) is 24.4 Å². The van der Waals surface area contributed by atoms with Crippen LogP contribution in [0.5, 0.6) is 11.5 Å². The molecule has 2 atom stereocenters. The standard InChI is InChI=1S/C30H39NO3/c1-4-6-7-13-22-31-23-28(24-14-9-8-10-15-24)30(32,27-16-11-12-17-29(27)33-3)25-18-20-26(21-19-25)34-5-2/h8-12,14-21,28,31-32H,4-7,13,22-23H2,1-3H3/t28-,30+/m1/s1. The minimum Gasteiger partial charge on any atom is -0.496 e. The van der Waals surface area contributed by atoms with Gasteiger partial charge in [-0.25, -0.2) is 0 Å². The third kappa shape index (κ3) is 6.19. The fraction of sp³-hybridized carbons (Fsp3) is 0.400. The first kappa shape index (κ1) is 25.8. The largest absolute Gasteiger partial charge is 0.496 e. The van der Waals surface area contributed by atoms with Crippen molar-refractivity contribution in [2.24, 2.45) is 0 Å². The second-order valence-electron chi connectivity index (χ2n) is 8.65. The van der Waals surface area contributed by atoms with Crippen molar-refractivity contribution in [3.05, 3.63) is 95.6 Å². The van der Waals surface area contributed by atoms with Crippen LogP contribution in [0.2, 0.25) is 0 Å². The summed E-state index contributed by atoms with van der Waals surface area (Å²) in [6.45, 7) is 6.36. The van der Waals surface area contributed by atoms with E-state index in [1.54, 1.807) is 7.11 Å². The molecule has 0 fully saturated rings. The van der Waals surface area contributed by atoms with E-state index in [1.165, 1.54) is 19.3 Å². The zero-order valence-electron chi connectivity index (χ0n) is 20.8. The third-order valence-electron chi connectivity index (χ3n) is 6.38. The normalized spacial score (nSPS) is 13.8. The average Bonchev–Trinajstić information content (AvgIpc) is 2.89. The van der Waals surface area contributed by atoms with Gasteiger partial charge in [-0.1, -0.05) is 86.8 Å². The molecule has 4 nitrogen and oxygen atoms in total. The summed E-state index contributed by atoms with van der Waals surface area (Å²) in [4.78, 5) is 0. The summed E-state index contributed by atoms with van der Waals surface area (Å²) in [5.74, 6) is 1.23. The predicted molar refractivity (Wildman–Crippen MR) is 140 cm³/mol. The van der Waals surface area contributed by atoms with Gasteiger partial charge in [-0.15, -0.1) is 0 Å². The Kier molecular flexibility index (Phi) is 9.99. The number of methoxy groups -OCH3 is 1. The third-order valence-corrected chi connectivity index (χ3v) is 6.38. The Morgan fingerprint density at radius 3 is 2.24 bits per heavy atom. The SMILES string of the molecule is CCCCCCNC[C@H](c1ccccc1)[C@](O)(c1ccc(OCC)cc1)c1ccccc1OC. The van der Waals surface area contributed by atoms with Crippen LogP contribution in [0, 0.1) is 0 Å². The highest BCUT2D eigenvalue weighted by Gasteiger charge is 2.43. The number of hydrogen-bond donors (Lipinski definition) is 2. The topological polar surface area (TPSA) is 50.7 Å². The van der Waals surface area contributed by atoms with E-state index in [0.29, 0.717) is 18.9 Å². The maximum atomic E-state index is 12.7. The van der Waals surface area contributed by atoms with Gasteiger partial charge in [-0.05, 0) is 49.2 Å². The highest BCUT2D eigenvalue weighted by atomic mass is 16.5. The number of ether oxygens (including phenoxy) is 2. The Bertz CT molecular complexity index is 974. The van der Waals surface area contributed by atoms with Gasteiger partial charge in [-0.2, -0.15) is 0 Å². The number of benzene rings is 3. The van der Waals surface area contributed by atoms with Crippen molar-refractivity contribution in [2.45, 2.75) is 51.0 Å². The van der Waals surface area contributed by atoms with Gasteiger partial charge in [-0.3, -0.25) is 0 Å². The van der Waals surface area contributed by atoms with Crippen molar-refractivity contribution in [3.63, 3.8) is 0 Å². The second kappa shape index (κ2) is 13.2. The number of para-hydroxylation sites is 1. The van der Waals surface area contributed by atoms with Crippen molar-refractivity contribution in [2.75, 3.05) is 26.8 Å². The van der Waals surface area contributed by atoms with E-state index in [9.17, 15) is 5.11 Å². The highest BCUT2D eigenvalue weighted by Crippen LogP contribution is 2.46. The molecule has 0 amide bonds. The van der Waals surface area contributed by atoms with E-state index in [4.69, 9.17) is 9.47 Å². The molecule has 182 valence electrons. The maximum absolute atomic E-state index is 12.7. The van der Waals surface area contributed by atoms with Crippen molar-refractivity contribution in [1.29, 1.82) is 0 Å². The van der Waals surface area contributed by atoms with E-state index >= 15 is 0 Å². The van der Waals surface area contributed by atoms with E-state index in [-0.39, 0.29) is 5.92 Å². The molecule has 2 N–H and O–H groups in total. The van der Waals surface area contributed by atoms with E-state index in [1.807, 2.05) is 73.7 Å². The predicted octanol–water partition coefficient (Wildman–Crippen LogP) is 6.28. The van der Waals surface area contributed by atoms with Gasteiger partial charge in [0.25, 0.3) is 0 Å². The molecular formula is C30H39NO3. The van der Waals surface area contributed by atoms with Crippen LogP contribution < -0.4 is 14.8 Å². The van der Waals surface area contributed by atoms with E-state index < -0.39 is 5.60 Å². The van der Waals surface area contributed by atoms with Crippen LogP contribution in [0.3, 0.4) is 0 Å². The van der Waals surface area contributed by atoms with Crippen LogP contribution in [-0.4, -0.2) is 31.9 Å². The Morgan fingerprint density at radius 1 is 0.853 bits per heavy atom. The lowest BCUT2D eigenvalue weighted by Gasteiger charge is -2.39. The molecule has 3 aromatic carbocycles. The van der Waals surface area contributed by atoms with Gasteiger partial charge in [0.1, 0.15) is 17.1 Å². The summed E-state index contributed by atoms with van der Waals surface area (Å²) < 4.78 is 11.4. The molecular weight excluding hydrogens is 422 g/mol. The molecule has 0 saturated carbocycles. The number of hydrogen-bond acceptors (Lipinski definition) is 4. The monoisotopic (exact) mass is 461 g/mol. The van der Waals surface area contributed by atoms with Gasteiger partial charge in [0.05, 0.1) is 13.7 Å². The molecule has 0 bridgehead atoms. The fourth-order valence-electron chi connectivity index (χ4n) is 4.59. The van der Waals surface area contributed by atoms with Crippen LogP contribution in [0.25, 0.3) is 0 Å². The number of unbranched alkanes of at least 4 members (excludes halogenated alkanes) is 3. The lowest BCUT2D eigenvalue weighted by atomic mass is 9.72. The van der Waals surface area contributed by atoms with Gasteiger partial charge in [0.2, 0.25) is 0 Å². The van der Waals surface area contributed by atoms with Crippen molar-refractivity contribution >= 4 is 0 Å². The quantitative estimate of drug-likeness (QED) is 0.277. The highest BCUT2D eigenvalue weighted by molar-refractivity contribution is 5.49. The summed E-state index contributed by atoms with van der Waals surface area (Å²) in [5.41, 5.74) is 1.33.